The van der Waals surface area contributed by atoms with Gasteiger partial charge in [0.1, 0.15) is 6.07 Å². The Morgan fingerprint density at radius 3 is 2.78 bits per heavy atom. The smallest absolute Gasteiger partial charge is 0.156 e. The van der Waals surface area contributed by atoms with Crippen molar-refractivity contribution in [1.29, 1.82) is 10.7 Å². The molecule has 0 saturated carbocycles. The van der Waals surface area contributed by atoms with Crippen LogP contribution in [-0.2, 0) is 0 Å². The highest BCUT2D eigenvalue weighted by molar-refractivity contribution is 6.08. The summed E-state index contributed by atoms with van der Waals surface area (Å²) in [5.41, 5.74) is 5.12. The minimum absolute atomic E-state index is 0.153. The van der Waals surface area contributed by atoms with E-state index in [-0.39, 0.29) is 11.4 Å². The van der Waals surface area contributed by atoms with Gasteiger partial charge in [0.25, 0.3) is 0 Å². The van der Waals surface area contributed by atoms with E-state index in [0.717, 1.165) is 0 Å². The van der Waals surface area contributed by atoms with E-state index in [9.17, 15) is 0 Å². The molecule has 4 N–H and O–H groups in total. The molecule has 0 aromatic carbocycles. The largest absolute Gasteiger partial charge is 0.395 e. The van der Waals surface area contributed by atoms with Gasteiger partial charge in [-0.2, -0.15) is 5.26 Å². The first kappa shape index (κ1) is 7.50. The van der Waals surface area contributed by atoms with Crippen LogP contribution >= 0.6 is 0 Å². The van der Waals surface area contributed by atoms with Gasteiger partial charge in [-0.3, -0.25) is 5.41 Å². The Bertz CT molecular complexity index is 174. The Balaban J connectivity index is 4.07. The quantitative estimate of drug-likeness (QED) is 0.436. The summed E-state index contributed by atoms with van der Waals surface area (Å²) in [6.07, 6.45) is 1.39. The molecule has 0 aliphatic heterocycles. The van der Waals surface area contributed by atoms with Gasteiger partial charge >= 0.3 is 0 Å². The molecule has 0 heterocycles. The number of hydrogen-bond donors (Lipinski definition) is 3. The summed E-state index contributed by atoms with van der Waals surface area (Å²) in [5, 5.41) is 17.6. The Hall–Kier alpha value is -1.50. The molecular weight excluding hydrogens is 116 g/mol. The van der Waals surface area contributed by atoms with Crippen molar-refractivity contribution in [3.63, 3.8) is 0 Å². The Morgan fingerprint density at radius 1 is 1.89 bits per heavy atom. The maximum Gasteiger partial charge on any atom is 0.156 e. The van der Waals surface area contributed by atoms with E-state index in [1.165, 1.54) is 6.20 Å². The molecule has 0 atom stereocenters. The molecule has 0 aromatic heterocycles. The molecule has 0 fully saturated rings. The maximum absolute atomic E-state index is 8.11. The minimum Gasteiger partial charge on any atom is -0.395 e. The second-order valence-corrected chi connectivity index (χ2v) is 1.38. The molecule has 0 unspecified atom stereocenters. The molecule has 0 aromatic rings. The van der Waals surface area contributed by atoms with Crippen LogP contribution in [0.1, 0.15) is 0 Å². The predicted molar refractivity (Wildman–Crippen MR) is 34.7 cm³/mol. The van der Waals surface area contributed by atoms with Crippen molar-refractivity contribution < 1.29 is 0 Å². The summed E-state index contributed by atoms with van der Waals surface area (Å²) in [6, 6.07) is 1.60. The van der Waals surface area contributed by atoms with Gasteiger partial charge in [-0.25, -0.2) is 0 Å². The van der Waals surface area contributed by atoms with Gasteiger partial charge in [-0.15, -0.1) is 0 Å². The first-order valence-corrected chi connectivity index (χ1v) is 2.34. The lowest BCUT2D eigenvalue weighted by Crippen LogP contribution is -2.11. The number of nitrogens with one attached hydrogen (secondary N) is 2. The summed E-state index contributed by atoms with van der Waals surface area (Å²) >= 11 is 0. The van der Waals surface area contributed by atoms with Crippen molar-refractivity contribution in [1.82, 2.24) is 5.32 Å². The molecule has 4 heteroatoms. The highest BCUT2D eigenvalue weighted by Gasteiger charge is 1.94. The number of nitrogens with zero attached hydrogens (tertiary/aromatic N) is 1. The average molecular weight is 124 g/mol. The third kappa shape index (κ3) is 2.34. The molecule has 0 rings (SSSR count). The summed E-state index contributed by atoms with van der Waals surface area (Å²) in [7, 11) is 1.65. The van der Waals surface area contributed by atoms with E-state index >= 15 is 0 Å². The number of rotatable bonds is 2. The monoisotopic (exact) mass is 124 g/mol. The summed E-state index contributed by atoms with van der Waals surface area (Å²) in [4.78, 5) is 0. The van der Waals surface area contributed by atoms with Crippen LogP contribution in [0.5, 0.6) is 0 Å². The van der Waals surface area contributed by atoms with Crippen LogP contribution in [-0.4, -0.2) is 12.8 Å². The fourth-order valence-electron chi connectivity index (χ4n) is 0.292. The Kier molecular flexibility index (Phi) is 2.91. The van der Waals surface area contributed by atoms with Crippen molar-refractivity contribution in [2.45, 2.75) is 0 Å². The van der Waals surface area contributed by atoms with Crippen LogP contribution in [0.15, 0.2) is 11.9 Å². The van der Waals surface area contributed by atoms with Crippen LogP contribution in [0, 0.1) is 16.7 Å². The number of nitriles is 1. The van der Waals surface area contributed by atoms with Gasteiger partial charge in [0.05, 0.1) is 5.70 Å². The Morgan fingerprint density at radius 2 is 2.44 bits per heavy atom. The fourth-order valence-corrected chi connectivity index (χ4v) is 0.292. The standard InChI is InChI=1S/C5H8N4/c1-9-3-5(8)4(7)2-6/h3,7,9H,8H2,1H3/b5-3+,7-4?. The van der Waals surface area contributed by atoms with Crippen LogP contribution in [0.25, 0.3) is 0 Å². The average Bonchev–Trinajstić information content (AvgIpc) is 1.87. The van der Waals surface area contributed by atoms with E-state index in [1.807, 2.05) is 0 Å². The van der Waals surface area contributed by atoms with E-state index in [1.54, 1.807) is 13.1 Å². The highest BCUT2D eigenvalue weighted by Crippen LogP contribution is 1.80. The van der Waals surface area contributed by atoms with Gasteiger partial charge < -0.3 is 11.1 Å². The summed E-state index contributed by atoms with van der Waals surface area (Å²) in [5.74, 6) is 0. The number of nitrogens with two attached hydrogens (primary N) is 1. The van der Waals surface area contributed by atoms with Gasteiger partial charge in [0.15, 0.2) is 5.71 Å². The Labute approximate surface area is 53.5 Å². The minimum atomic E-state index is -0.218. The third-order valence-corrected chi connectivity index (χ3v) is 0.700. The molecule has 9 heavy (non-hydrogen) atoms. The lowest BCUT2D eigenvalue weighted by Gasteiger charge is -1.92. The number of hydrogen-bond acceptors (Lipinski definition) is 4. The molecule has 0 amide bonds. The highest BCUT2D eigenvalue weighted by atomic mass is 14.8. The number of allylic oxidation sites excluding steroid dienone is 1. The zero-order valence-corrected chi connectivity index (χ0v) is 5.10. The topological polar surface area (TPSA) is 85.7 Å². The first-order valence-electron chi connectivity index (χ1n) is 2.34. The zero-order valence-electron chi connectivity index (χ0n) is 5.10. The molecule has 48 valence electrons. The van der Waals surface area contributed by atoms with Crippen molar-refractivity contribution in [3.05, 3.63) is 11.9 Å². The molecule has 0 radical (unpaired) electrons. The molecular formula is C5H8N4. The van der Waals surface area contributed by atoms with E-state index in [0.29, 0.717) is 0 Å². The van der Waals surface area contributed by atoms with Gasteiger partial charge in [0.2, 0.25) is 0 Å². The summed E-state index contributed by atoms with van der Waals surface area (Å²) < 4.78 is 0. The molecule has 0 bridgehead atoms. The van der Waals surface area contributed by atoms with Crippen molar-refractivity contribution in [2.24, 2.45) is 5.73 Å². The van der Waals surface area contributed by atoms with Crippen molar-refractivity contribution in [2.75, 3.05) is 7.05 Å². The van der Waals surface area contributed by atoms with Crippen LogP contribution < -0.4 is 11.1 Å². The van der Waals surface area contributed by atoms with Crippen molar-refractivity contribution in [3.8, 4) is 6.07 Å². The molecule has 0 spiro atoms. The maximum atomic E-state index is 8.11. The van der Waals surface area contributed by atoms with Crippen LogP contribution in [0.3, 0.4) is 0 Å². The van der Waals surface area contributed by atoms with E-state index < -0.39 is 0 Å². The fraction of sp³-hybridized carbons (Fsp3) is 0.200. The van der Waals surface area contributed by atoms with Gasteiger partial charge in [-0.05, 0) is 0 Å². The van der Waals surface area contributed by atoms with Gasteiger partial charge in [0, 0.05) is 13.2 Å². The molecule has 0 aliphatic carbocycles. The van der Waals surface area contributed by atoms with Crippen LogP contribution in [0.4, 0.5) is 0 Å². The second kappa shape index (κ2) is 3.50. The van der Waals surface area contributed by atoms with E-state index in [2.05, 4.69) is 5.32 Å². The van der Waals surface area contributed by atoms with E-state index in [4.69, 9.17) is 16.4 Å². The lowest BCUT2D eigenvalue weighted by atomic mass is 10.3. The molecule has 0 aliphatic rings. The third-order valence-electron chi connectivity index (χ3n) is 0.700. The van der Waals surface area contributed by atoms with Crippen molar-refractivity contribution >= 4 is 5.71 Å². The first-order chi connectivity index (χ1) is 4.22. The lowest BCUT2D eigenvalue weighted by molar-refractivity contribution is 1.08. The zero-order chi connectivity index (χ0) is 7.28. The normalized spacial score (nSPS) is 10.0. The second-order valence-electron chi connectivity index (χ2n) is 1.38. The van der Waals surface area contributed by atoms with Gasteiger partial charge in [-0.1, -0.05) is 0 Å². The predicted octanol–water partition coefficient (Wildman–Crippen LogP) is -0.451. The SMILES string of the molecule is CN/C=C(/N)C(=N)C#N. The summed E-state index contributed by atoms with van der Waals surface area (Å²) in [6.45, 7) is 0. The molecule has 4 nitrogen and oxygen atoms in total. The van der Waals surface area contributed by atoms with Crippen LogP contribution in [0.2, 0.25) is 0 Å². The molecule has 0 saturated heterocycles.